The molecule has 0 radical (unpaired) electrons. The molecule has 90 valence electrons. The van der Waals surface area contributed by atoms with Crippen LogP contribution >= 0.6 is 27.3 Å². The van der Waals surface area contributed by atoms with E-state index in [1.807, 2.05) is 18.2 Å². The number of rotatable bonds is 4. The first-order valence-corrected chi connectivity index (χ1v) is 7.14. The lowest BCUT2D eigenvalue weighted by atomic mass is 10.2. The van der Waals surface area contributed by atoms with Crippen molar-refractivity contribution in [3.05, 3.63) is 33.7 Å². The van der Waals surface area contributed by atoms with Gasteiger partial charge in [-0.1, -0.05) is 46.3 Å². The maximum absolute atomic E-state index is 4.24. The molecule has 0 spiro atoms. The fraction of sp³-hybridized carbons (Fsp3) is 0.333. The third-order valence-corrected chi connectivity index (χ3v) is 4.04. The summed E-state index contributed by atoms with van der Waals surface area (Å²) in [5, 5.41) is 13.8. The van der Waals surface area contributed by atoms with Crippen LogP contribution in [-0.4, -0.2) is 16.7 Å². The van der Waals surface area contributed by atoms with Crippen molar-refractivity contribution in [3.8, 4) is 10.6 Å². The first-order valence-electron chi connectivity index (χ1n) is 5.53. The highest BCUT2D eigenvalue weighted by Gasteiger charge is 2.11. The van der Waals surface area contributed by atoms with E-state index in [-0.39, 0.29) is 6.04 Å². The lowest BCUT2D eigenvalue weighted by Gasteiger charge is -2.06. The lowest BCUT2D eigenvalue weighted by Crippen LogP contribution is -2.17. The zero-order valence-electron chi connectivity index (χ0n) is 9.77. The summed E-state index contributed by atoms with van der Waals surface area (Å²) in [6.45, 7) is 5.13. The van der Waals surface area contributed by atoms with Gasteiger partial charge in [0.1, 0.15) is 10.0 Å². The molecule has 1 aromatic carbocycles. The Morgan fingerprint density at radius 3 is 2.94 bits per heavy atom. The average molecular weight is 312 g/mol. The topological polar surface area (TPSA) is 37.8 Å². The minimum absolute atomic E-state index is 0.262. The third-order valence-electron chi connectivity index (χ3n) is 2.39. The number of hydrogen-bond acceptors (Lipinski definition) is 4. The Kier molecular flexibility index (Phi) is 4.25. The van der Waals surface area contributed by atoms with E-state index in [1.54, 1.807) is 11.3 Å². The molecule has 0 saturated heterocycles. The van der Waals surface area contributed by atoms with Gasteiger partial charge >= 0.3 is 0 Å². The molecule has 1 heterocycles. The van der Waals surface area contributed by atoms with Gasteiger partial charge in [0, 0.05) is 10.0 Å². The number of nitrogens with zero attached hydrogens (tertiary/aromatic N) is 2. The highest BCUT2D eigenvalue weighted by atomic mass is 79.9. The number of halogens is 1. The summed E-state index contributed by atoms with van der Waals surface area (Å²) < 4.78 is 1.06. The van der Waals surface area contributed by atoms with Crippen molar-refractivity contribution < 1.29 is 0 Å². The number of hydrogen-bond donors (Lipinski definition) is 1. The Labute approximate surface area is 113 Å². The van der Waals surface area contributed by atoms with Crippen molar-refractivity contribution in [1.82, 2.24) is 15.5 Å². The van der Waals surface area contributed by atoms with Crippen LogP contribution < -0.4 is 5.32 Å². The Hall–Kier alpha value is -0.780. The fourth-order valence-electron chi connectivity index (χ4n) is 1.54. The molecule has 1 N–H and O–H groups in total. The maximum Gasteiger partial charge on any atom is 0.147 e. The second kappa shape index (κ2) is 5.71. The van der Waals surface area contributed by atoms with E-state index in [0.29, 0.717) is 0 Å². The molecule has 1 unspecified atom stereocenters. The van der Waals surface area contributed by atoms with E-state index in [0.717, 1.165) is 26.6 Å². The van der Waals surface area contributed by atoms with Crippen molar-refractivity contribution >= 4 is 27.3 Å². The third kappa shape index (κ3) is 3.12. The summed E-state index contributed by atoms with van der Waals surface area (Å²) in [6, 6.07) is 8.38. The van der Waals surface area contributed by atoms with Gasteiger partial charge in [-0.15, -0.1) is 10.2 Å². The molecule has 0 aliphatic heterocycles. The van der Waals surface area contributed by atoms with Crippen molar-refractivity contribution in [3.63, 3.8) is 0 Å². The van der Waals surface area contributed by atoms with Gasteiger partial charge < -0.3 is 5.32 Å². The predicted molar refractivity (Wildman–Crippen MR) is 75.1 cm³/mol. The highest BCUT2D eigenvalue weighted by molar-refractivity contribution is 9.10. The van der Waals surface area contributed by atoms with Crippen LogP contribution in [0.4, 0.5) is 0 Å². The second-order valence-electron chi connectivity index (χ2n) is 3.74. The van der Waals surface area contributed by atoms with Gasteiger partial charge in [-0.05, 0) is 25.6 Å². The highest BCUT2D eigenvalue weighted by Crippen LogP contribution is 2.28. The maximum atomic E-state index is 4.24. The molecule has 0 aliphatic rings. The van der Waals surface area contributed by atoms with Gasteiger partial charge in [-0.2, -0.15) is 0 Å². The molecule has 0 bridgehead atoms. The van der Waals surface area contributed by atoms with Crippen molar-refractivity contribution in [2.75, 3.05) is 6.54 Å². The number of benzene rings is 1. The van der Waals surface area contributed by atoms with Crippen LogP contribution in [0.1, 0.15) is 24.9 Å². The smallest absolute Gasteiger partial charge is 0.147 e. The standard InChI is InChI=1S/C12H14BrN3S/c1-3-14-8(2)11-15-16-12(17-11)9-5-4-6-10(13)7-9/h4-8,14H,3H2,1-2H3. The first kappa shape index (κ1) is 12.7. The molecule has 1 atom stereocenters. The van der Waals surface area contributed by atoms with E-state index >= 15 is 0 Å². The molecular weight excluding hydrogens is 298 g/mol. The molecule has 1 aromatic heterocycles. The van der Waals surface area contributed by atoms with Crippen molar-refractivity contribution in [1.29, 1.82) is 0 Å². The molecule has 0 aliphatic carbocycles. The van der Waals surface area contributed by atoms with Crippen LogP contribution in [0.15, 0.2) is 28.7 Å². The van der Waals surface area contributed by atoms with E-state index in [1.165, 1.54) is 0 Å². The SMILES string of the molecule is CCNC(C)c1nnc(-c2cccc(Br)c2)s1. The summed E-state index contributed by atoms with van der Waals surface area (Å²) in [4.78, 5) is 0. The fourth-order valence-corrected chi connectivity index (χ4v) is 2.81. The summed E-state index contributed by atoms with van der Waals surface area (Å²) >= 11 is 5.10. The molecule has 0 fully saturated rings. The Morgan fingerprint density at radius 1 is 1.41 bits per heavy atom. The first-order chi connectivity index (χ1) is 8.20. The van der Waals surface area contributed by atoms with Crippen LogP contribution in [0.3, 0.4) is 0 Å². The van der Waals surface area contributed by atoms with Gasteiger partial charge in [0.05, 0.1) is 6.04 Å². The van der Waals surface area contributed by atoms with Gasteiger partial charge in [-0.25, -0.2) is 0 Å². The van der Waals surface area contributed by atoms with Crippen LogP contribution in [0, 0.1) is 0 Å². The van der Waals surface area contributed by atoms with Crippen molar-refractivity contribution in [2.45, 2.75) is 19.9 Å². The Balaban J connectivity index is 2.23. The van der Waals surface area contributed by atoms with Gasteiger partial charge in [0.25, 0.3) is 0 Å². The van der Waals surface area contributed by atoms with E-state index in [4.69, 9.17) is 0 Å². The van der Waals surface area contributed by atoms with E-state index < -0.39 is 0 Å². The predicted octanol–water partition coefficient (Wildman–Crippen LogP) is 3.64. The summed E-state index contributed by atoms with van der Waals surface area (Å²) in [5.74, 6) is 0. The molecule has 0 saturated carbocycles. The van der Waals surface area contributed by atoms with Crippen LogP contribution in [0.2, 0.25) is 0 Å². The van der Waals surface area contributed by atoms with Gasteiger partial charge in [0.15, 0.2) is 0 Å². The monoisotopic (exact) mass is 311 g/mol. The molecule has 2 aromatic rings. The minimum atomic E-state index is 0.262. The van der Waals surface area contributed by atoms with E-state index in [9.17, 15) is 0 Å². The molecule has 2 rings (SSSR count). The van der Waals surface area contributed by atoms with Gasteiger partial charge in [-0.3, -0.25) is 0 Å². The van der Waals surface area contributed by atoms with Crippen LogP contribution in [0.5, 0.6) is 0 Å². The number of nitrogens with one attached hydrogen (secondary N) is 1. The normalized spacial score (nSPS) is 12.6. The molecular formula is C12H14BrN3S. The minimum Gasteiger partial charge on any atom is -0.308 e. The molecule has 5 heteroatoms. The quantitative estimate of drug-likeness (QED) is 0.936. The molecule has 0 amide bonds. The lowest BCUT2D eigenvalue weighted by molar-refractivity contribution is 0.590. The Morgan fingerprint density at radius 2 is 2.24 bits per heavy atom. The van der Waals surface area contributed by atoms with Gasteiger partial charge in [0.2, 0.25) is 0 Å². The Bertz CT molecular complexity index is 498. The largest absolute Gasteiger partial charge is 0.308 e. The summed E-state index contributed by atoms with van der Waals surface area (Å²) in [7, 11) is 0. The summed E-state index contributed by atoms with van der Waals surface area (Å²) in [5.41, 5.74) is 1.10. The zero-order valence-corrected chi connectivity index (χ0v) is 12.2. The van der Waals surface area contributed by atoms with Crippen LogP contribution in [0.25, 0.3) is 10.6 Å². The summed E-state index contributed by atoms with van der Waals surface area (Å²) in [6.07, 6.45) is 0. The van der Waals surface area contributed by atoms with Crippen molar-refractivity contribution in [2.24, 2.45) is 0 Å². The second-order valence-corrected chi connectivity index (χ2v) is 5.66. The molecule has 17 heavy (non-hydrogen) atoms. The van der Waals surface area contributed by atoms with Crippen LogP contribution in [-0.2, 0) is 0 Å². The zero-order chi connectivity index (χ0) is 12.3. The average Bonchev–Trinajstić information content (AvgIpc) is 2.78. The van der Waals surface area contributed by atoms with E-state index in [2.05, 4.69) is 51.4 Å². The number of aromatic nitrogens is 2. The molecule has 3 nitrogen and oxygen atoms in total.